The molecule has 0 atom stereocenters. The van der Waals surface area contributed by atoms with Gasteiger partial charge in [-0.2, -0.15) is 0 Å². The molecule has 5 heterocycles. The van der Waals surface area contributed by atoms with E-state index >= 15 is 0 Å². The van der Waals surface area contributed by atoms with E-state index in [0.29, 0.717) is 72.3 Å². The van der Waals surface area contributed by atoms with Gasteiger partial charge in [-0.15, -0.1) is 0 Å². The number of H-pyrrole nitrogens is 2. The number of benzene rings is 4. The molecule has 12 nitrogen and oxygen atoms in total. The van der Waals surface area contributed by atoms with Gasteiger partial charge in [-0.3, -0.25) is 0 Å². The first-order valence-electron chi connectivity index (χ1n) is 37.5. The summed E-state index contributed by atoms with van der Waals surface area (Å²) in [4.78, 5) is 40.2. The quantitative estimate of drug-likeness (QED) is 0.0354. The highest BCUT2D eigenvalue weighted by Gasteiger charge is 2.28. The largest absolute Gasteiger partial charge is 0.493 e. The predicted molar refractivity (Wildman–Crippen MR) is 385 cm³/mol. The van der Waals surface area contributed by atoms with Crippen molar-refractivity contribution < 1.29 is 18.9 Å². The number of unbranched alkanes of at least 4 members (excludes halogenated alkanes) is 36. The number of hydrogen-bond donors (Lipinski definition) is 2. The topological polar surface area (TPSA) is 146 Å². The van der Waals surface area contributed by atoms with Gasteiger partial charge < -0.3 is 28.9 Å². The summed E-state index contributed by atoms with van der Waals surface area (Å²) in [6, 6.07) is 24.8. The summed E-state index contributed by atoms with van der Waals surface area (Å²) in [5.74, 6) is 5.06. The molecule has 2 aliphatic heterocycles. The minimum Gasteiger partial charge on any atom is -0.493 e. The smallest absolute Gasteiger partial charge is 0.168 e. The first-order valence-corrected chi connectivity index (χ1v) is 37.5. The Morgan fingerprint density at radius 1 is 0.250 bits per heavy atom. The fourth-order valence-electron chi connectivity index (χ4n) is 13.4. The number of aromatic amines is 2. The predicted octanol–water partition coefficient (Wildman–Crippen LogP) is 24.1. The molecule has 8 bridgehead atoms. The molecule has 9 rings (SSSR count). The fraction of sp³-hybridized carbons (Fsp3) is 0.600. The molecule has 2 N–H and O–H groups in total. The Hall–Kier alpha value is -6.56. The monoisotopic (exact) mass is 1250 g/mol. The number of aromatic nitrogens is 8. The average molecular weight is 1250 g/mol. The van der Waals surface area contributed by atoms with Crippen LogP contribution in [0.1, 0.15) is 285 Å². The first-order chi connectivity index (χ1) is 45.6. The van der Waals surface area contributed by atoms with E-state index in [1.165, 1.54) is 205 Å². The van der Waals surface area contributed by atoms with Crippen LogP contribution in [0, 0.1) is 0 Å². The van der Waals surface area contributed by atoms with Gasteiger partial charge in [0.15, 0.2) is 23.3 Å². The van der Waals surface area contributed by atoms with Gasteiger partial charge in [-0.25, -0.2) is 29.9 Å². The van der Waals surface area contributed by atoms with Crippen molar-refractivity contribution in [3.63, 3.8) is 0 Å². The first kappa shape index (κ1) is 69.8. The summed E-state index contributed by atoms with van der Waals surface area (Å²) < 4.78 is 27.2. The summed E-state index contributed by atoms with van der Waals surface area (Å²) >= 11 is 0. The molecule has 4 aromatic carbocycles. The van der Waals surface area contributed by atoms with E-state index in [-0.39, 0.29) is 0 Å². The third-order valence-electron chi connectivity index (χ3n) is 18.8. The highest BCUT2D eigenvalue weighted by atomic mass is 16.5. The lowest BCUT2D eigenvalue weighted by Gasteiger charge is -2.10. The lowest BCUT2D eigenvalue weighted by atomic mass is 10.1. The molecule has 7 aromatic rings. The van der Waals surface area contributed by atoms with Crippen LogP contribution in [0.15, 0.2) is 72.8 Å². The molecule has 3 aromatic heterocycles. The van der Waals surface area contributed by atoms with Gasteiger partial charge in [-0.1, -0.05) is 307 Å². The zero-order valence-electron chi connectivity index (χ0n) is 57.4. The maximum absolute atomic E-state index is 6.80. The molecule has 0 amide bonds. The van der Waals surface area contributed by atoms with Crippen LogP contribution in [0.5, 0.6) is 23.0 Å². The van der Waals surface area contributed by atoms with E-state index in [4.69, 9.17) is 48.9 Å². The normalized spacial score (nSPS) is 11.9. The van der Waals surface area contributed by atoms with E-state index in [2.05, 4.69) is 110 Å². The van der Waals surface area contributed by atoms with E-state index in [9.17, 15) is 0 Å². The molecule has 0 spiro atoms. The van der Waals surface area contributed by atoms with Crippen LogP contribution < -0.4 is 18.9 Å². The molecule has 2 aliphatic rings. The minimum atomic E-state index is 0.512. The van der Waals surface area contributed by atoms with Crippen LogP contribution in [0.3, 0.4) is 0 Å². The Kier molecular flexibility index (Phi) is 30.2. The Morgan fingerprint density at radius 3 is 0.804 bits per heavy atom. The number of ether oxygens (including phenoxy) is 4. The summed E-state index contributed by atoms with van der Waals surface area (Å²) in [7, 11) is 0. The van der Waals surface area contributed by atoms with Crippen molar-refractivity contribution in [2.45, 2.75) is 285 Å². The van der Waals surface area contributed by atoms with E-state index in [1.807, 2.05) is 0 Å². The molecule has 498 valence electrons. The van der Waals surface area contributed by atoms with Crippen LogP contribution in [0.25, 0.3) is 89.7 Å². The fourth-order valence-corrected chi connectivity index (χ4v) is 13.4. The van der Waals surface area contributed by atoms with E-state index in [0.717, 1.165) is 118 Å². The van der Waals surface area contributed by atoms with Crippen molar-refractivity contribution in [1.29, 1.82) is 0 Å². The number of hydrogen-bond acceptors (Lipinski definition) is 10. The van der Waals surface area contributed by atoms with Crippen molar-refractivity contribution in [2.24, 2.45) is 0 Å². The van der Waals surface area contributed by atoms with Crippen molar-refractivity contribution >= 4 is 44.1 Å². The molecule has 0 fully saturated rings. The third kappa shape index (κ3) is 20.7. The van der Waals surface area contributed by atoms with Crippen LogP contribution >= 0.6 is 0 Å². The Balaban J connectivity index is 1.09. The molecule has 0 saturated carbocycles. The molecule has 12 heteroatoms. The summed E-state index contributed by atoms with van der Waals surface area (Å²) in [5.41, 5.74) is 5.74. The number of fused-ring (bicyclic) bond motifs is 20. The van der Waals surface area contributed by atoms with Crippen LogP contribution in [-0.2, 0) is 0 Å². The maximum Gasteiger partial charge on any atom is 0.168 e. The highest BCUT2D eigenvalue weighted by Crippen LogP contribution is 2.44. The number of nitrogens with zero attached hydrogens (tertiary/aromatic N) is 6. The minimum absolute atomic E-state index is 0.512. The SMILES string of the molecule is CCCCCCCCCCCCOc1cccc2c1-c1nc-2nc2[nH]c(nc3nc(nc4[nH]c(n1)c1cccc(OCCCCCCCCCCCC)c41)-c1cccc(OCCCCCCCCCCCC)c1-3)c1cccc(OCCCCCCCCCCCC)c21. The average Bonchev–Trinajstić information content (AvgIpc) is 1.60. The number of rotatable bonds is 48. The molecule has 92 heavy (non-hydrogen) atoms. The second-order valence-electron chi connectivity index (χ2n) is 26.4. The second-order valence-corrected chi connectivity index (χ2v) is 26.4. The molecular weight excluding hydrogens is 1140 g/mol. The molecule has 0 saturated heterocycles. The second kappa shape index (κ2) is 39.9. The van der Waals surface area contributed by atoms with Gasteiger partial charge in [0.2, 0.25) is 0 Å². The van der Waals surface area contributed by atoms with Gasteiger partial charge in [0.05, 0.1) is 48.3 Å². The van der Waals surface area contributed by atoms with Crippen LogP contribution in [-0.4, -0.2) is 66.3 Å². The van der Waals surface area contributed by atoms with Crippen molar-refractivity contribution in [3.8, 4) is 68.5 Å². The summed E-state index contributed by atoms with van der Waals surface area (Å²) in [6.45, 7) is 11.5. The standard InChI is InChI=1S/C80H114N8O4/c1-5-9-13-17-21-25-29-33-37-41-57-89-65-53-45-49-61-69(65)77-81-73(61)86-78-71-63(51-47-55-67(71)91-59-43-39-35-31-27-23-19-15-11-7-3)75(83-78)88-80-72-64(52-48-56-68(72)92-60-44-40-36-32-28-24-20-16-12-8-4)76(84-80)87-79-70-62(74(82-79)85-77)50-46-54-66(70)90-58-42-38-34-30-26-22-18-14-10-6-2/h45-56H,5-44,57-60H2,1-4H3,(H2,81,82,83,84,85,86,87,88). The van der Waals surface area contributed by atoms with Gasteiger partial charge in [0, 0.05) is 21.9 Å². The Morgan fingerprint density at radius 2 is 0.500 bits per heavy atom. The maximum atomic E-state index is 6.80. The van der Waals surface area contributed by atoms with Crippen molar-refractivity contribution in [2.75, 3.05) is 26.4 Å². The zero-order valence-corrected chi connectivity index (χ0v) is 57.4. The van der Waals surface area contributed by atoms with Crippen LogP contribution in [0.4, 0.5) is 0 Å². The number of nitrogens with one attached hydrogen (secondary N) is 2. The lowest BCUT2D eigenvalue weighted by Crippen LogP contribution is -1.99. The van der Waals surface area contributed by atoms with Crippen molar-refractivity contribution in [3.05, 3.63) is 72.8 Å². The van der Waals surface area contributed by atoms with Crippen LogP contribution in [0.2, 0.25) is 0 Å². The Labute approximate surface area is 552 Å². The van der Waals surface area contributed by atoms with Gasteiger partial charge in [-0.05, 0) is 49.9 Å². The van der Waals surface area contributed by atoms with E-state index < -0.39 is 0 Å². The molecule has 0 unspecified atom stereocenters. The summed E-state index contributed by atoms with van der Waals surface area (Å²) in [5, 5.41) is 3.43. The Bertz CT molecular complexity index is 3230. The lowest BCUT2D eigenvalue weighted by molar-refractivity contribution is 0.305. The van der Waals surface area contributed by atoms with E-state index in [1.54, 1.807) is 0 Å². The zero-order chi connectivity index (χ0) is 63.6. The van der Waals surface area contributed by atoms with Gasteiger partial charge >= 0.3 is 0 Å². The molecule has 0 aliphatic carbocycles. The van der Waals surface area contributed by atoms with Gasteiger partial charge in [0.25, 0.3) is 0 Å². The molecule has 0 radical (unpaired) electrons. The highest BCUT2D eigenvalue weighted by molar-refractivity contribution is 6.10. The molecular formula is C80H114N8O4. The summed E-state index contributed by atoms with van der Waals surface area (Å²) in [6.07, 6.45) is 50.3. The van der Waals surface area contributed by atoms with Crippen molar-refractivity contribution in [1.82, 2.24) is 39.9 Å². The third-order valence-corrected chi connectivity index (χ3v) is 18.8. The van der Waals surface area contributed by atoms with Gasteiger partial charge in [0.1, 0.15) is 45.6 Å².